The maximum Gasteiger partial charge on any atom is 0.325 e. The summed E-state index contributed by atoms with van der Waals surface area (Å²) in [5.74, 6) is -0.177. The van der Waals surface area contributed by atoms with Crippen molar-refractivity contribution in [2.45, 2.75) is 44.1 Å². The van der Waals surface area contributed by atoms with Gasteiger partial charge in [-0.2, -0.15) is 0 Å². The van der Waals surface area contributed by atoms with Crippen molar-refractivity contribution in [3.05, 3.63) is 65.2 Å². The number of para-hydroxylation sites is 1. The fourth-order valence-corrected chi connectivity index (χ4v) is 5.91. The lowest BCUT2D eigenvalue weighted by atomic mass is 9.93. The number of amides is 4. The normalized spacial score (nSPS) is 21.3. The molecule has 3 heterocycles. The number of hydrogen-bond donors (Lipinski definition) is 1. The summed E-state index contributed by atoms with van der Waals surface area (Å²) >= 11 is 1.72. The molecule has 7 nitrogen and oxygen atoms in total. The number of imide groups is 1. The standard InChI is InChI=1S/C26H28N4O3S/c1-26(14-11-18-7-3-2-4-8-18)24(32)30(25(33)28-26)17-22(31)29-15-12-19(13-16-29)23-27-20-9-5-6-10-21(20)34-23/h2-10,19H,11-17H2,1H3,(H,28,33). The average molecular weight is 477 g/mol. The number of urea groups is 1. The predicted octanol–water partition coefficient (Wildman–Crippen LogP) is 3.95. The molecule has 2 saturated heterocycles. The van der Waals surface area contributed by atoms with Crippen molar-refractivity contribution in [3.8, 4) is 0 Å². The van der Waals surface area contributed by atoms with Crippen LogP contribution in [-0.4, -0.2) is 57.8 Å². The van der Waals surface area contributed by atoms with Crippen LogP contribution in [0.1, 0.15) is 42.7 Å². The Hall–Kier alpha value is -3.26. The first kappa shape index (κ1) is 22.5. The van der Waals surface area contributed by atoms with Gasteiger partial charge >= 0.3 is 6.03 Å². The van der Waals surface area contributed by atoms with Crippen molar-refractivity contribution in [1.29, 1.82) is 0 Å². The van der Waals surface area contributed by atoms with Gasteiger partial charge in [-0.3, -0.25) is 14.5 Å². The SMILES string of the molecule is CC1(CCc2ccccc2)NC(=O)N(CC(=O)N2CCC(c3nc4ccccc4s3)CC2)C1=O. The molecule has 2 aliphatic rings. The number of piperidine rings is 1. The zero-order chi connectivity index (χ0) is 23.7. The lowest BCUT2D eigenvalue weighted by molar-refractivity contribution is -0.139. The molecule has 2 aromatic carbocycles. The van der Waals surface area contributed by atoms with Gasteiger partial charge in [-0.05, 0) is 50.3 Å². The van der Waals surface area contributed by atoms with E-state index in [0.717, 1.165) is 33.8 Å². The van der Waals surface area contributed by atoms with Gasteiger partial charge in [0.25, 0.3) is 5.91 Å². The fraction of sp³-hybridized carbons (Fsp3) is 0.385. The second-order valence-corrected chi connectivity index (χ2v) is 10.4. The van der Waals surface area contributed by atoms with Gasteiger partial charge in [0.1, 0.15) is 12.1 Å². The van der Waals surface area contributed by atoms with Gasteiger partial charge in [-0.1, -0.05) is 42.5 Å². The van der Waals surface area contributed by atoms with Crippen molar-refractivity contribution >= 4 is 39.4 Å². The van der Waals surface area contributed by atoms with Crippen LogP contribution in [0.3, 0.4) is 0 Å². The number of rotatable bonds is 6. The van der Waals surface area contributed by atoms with Crippen LogP contribution < -0.4 is 5.32 Å². The topological polar surface area (TPSA) is 82.6 Å². The van der Waals surface area contributed by atoms with Gasteiger partial charge in [0, 0.05) is 19.0 Å². The van der Waals surface area contributed by atoms with E-state index in [0.29, 0.717) is 31.8 Å². The van der Waals surface area contributed by atoms with E-state index in [1.54, 1.807) is 23.2 Å². The number of carbonyl (C=O) groups is 3. The molecule has 8 heteroatoms. The first-order chi connectivity index (χ1) is 16.4. The van der Waals surface area contributed by atoms with Gasteiger partial charge < -0.3 is 10.2 Å². The number of likely N-dealkylation sites (tertiary alicyclic amines) is 1. The van der Waals surface area contributed by atoms with E-state index in [2.05, 4.69) is 11.4 Å². The third kappa shape index (κ3) is 4.42. The Kier molecular flexibility index (Phi) is 6.08. The van der Waals surface area contributed by atoms with Gasteiger partial charge in [0.2, 0.25) is 5.91 Å². The number of nitrogens with zero attached hydrogens (tertiary/aromatic N) is 3. The van der Waals surface area contributed by atoms with Crippen LogP contribution in [0, 0.1) is 0 Å². The number of fused-ring (bicyclic) bond motifs is 1. The van der Waals surface area contributed by atoms with Gasteiger partial charge in [0.15, 0.2) is 0 Å². The summed E-state index contributed by atoms with van der Waals surface area (Å²) in [5.41, 5.74) is 1.14. The van der Waals surface area contributed by atoms with Crippen molar-refractivity contribution in [1.82, 2.24) is 20.1 Å². The summed E-state index contributed by atoms with van der Waals surface area (Å²) in [6.07, 6.45) is 2.82. The van der Waals surface area contributed by atoms with Crippen molar-refractivity contribution in [3.63, 3.8) is 0 Å². The second-order valence-electron chi connectivity index (χ2n) is 9.31. The zero-order valence-electron chi connectivity index (χ0n) is 19.2. The summed E-state index contributed by atoms with van der Waals surface area (Å²) in [4.78, 5) is 46.2. The molecule has 1 N–H and O–H groups in total. The van der Waals surface area contributed by atoms with Crippen molar-refractivity contribution in [2.24, 2.45) is 0 Å². The molecule has 4 amide bonds. The molecule has 0 aliphatic carbocycles. The molecular weight excluding hydrogens is 448 g/mol. The highest BCUT2D eigenvalue weighted by Crippen LogP contribution is 2.34. The van der Waals surface area contributed by atoms with E-state index in [1.807, 2.05) is 48.5 Å². The Morgan fingerprint density at radius 2 is 1.79 bits per heavy atom. The molecule has 5 rings (SSSR count). The Balaban J connectivity index is 1.16. The van der Waals surface area contributed by atoms with Crippen LogP contribution >= 0.6 is 11.3 Å². The molecule has 0 radical (unpaired) electrons. The summed E-state index contributed by atoms with van der Waals surface area (Å²) < 4.78 is 1.19. The molecule has 34 heavy (non-hydrogen) atoms. The first-order valence-electron chi connectivity index (χ1n) is 11.7. The molecule has 2 fully saturated rings. The molecule has 1 atom stereocenters. The average Bonchev–Trinajstić information content (AvgIpc) is 3.38. The first-order valence-corrected chi connectivity index (χ1v) is 12.6. The molecule has 0 spiro atoms. The van der Waals surface area contributed by atoms with Crippen LogP contribution in [-0.2, 0) is 16.0 Å². The van der Waals surface area contributed by atoms with E-state index in [9.17, 15) is 14.4 Å². The quantitative estimate of drug-likeness (QED) is 0.546. The second kappa shape index (κ2) is 9.18. The Bertz CT molecular complexity index is 1190. The minimum absolute atomic E-state index is 0.182. The van der Waals surface area contributed by atoms with Gasteiger partial charge in [-0.15, -0.1) is 11.3 Å². The largest absolute Gasteiger partial charge is 0.341 e. The van der Waals surface area contributed by atoms with E-state index in [1.165, 1.54) is 4.70 Å². The van der Waals surface area contributed by atoms with Crippen LogP contribution in [0.4, 0.5) is 4.79 Å². The lowest BCUT2D eigenvalue weighted by Crippen LogP contribution is -2.47. The number of benzene rings is 2. The molecule has 3 aromatic rings. The number of carbonyl (C=O) groups excluding carboxylic acids is 3. The van der Waals surface area contributed by atoms with Crippen molar-refractivity contribution < 1.29 is 14.4 Å². The van der Waals surface area contributed by atoms with Crippen LogP contribution in [0.25, 0.3) is 10.2 Å². The highest BCUT2D eigenvalue weighted by Gasteiger charge is 2.48. The number of hydrogen-bond acceptors (Lipinski definition) is 5. The Morgan fingerprint density at radius 3 is 2.53 bits per heavy atom. The maximum atomic E-state index is 13.1. The predicted molar refractivity (Wildman–Crippen MR) is 132 cm³/mol. The molecule has 176 valence electrons. The van der Waals surface area contributed by atoms with E-state index in [-0.39, 0.29) is 18.4 Å². The number of thiazole rings is 1. The zero-order valence-corrected chi connectivity index (χ0v) is 20.0. The summed E-state index contributed by atoms with van der Waals surface area (Å²) in [5, 5.41) is 3.93. The minimum atomic E-state index is -0.993. The minimum Gasteiger partial charge on any atom is -0.341 e. The monoisotopic (exact) mass is 476 g/mol. The van der Waals surface area contributed by atoms with Gasteiger partial charge in [0.05, 0.1) is 15.2 Å². The molecule has 0 saturated carbocycles. The number of aromatic nitrogens is 1. The van der Waals surface area contributed by atoms with E-state index in [4.69, 9.17) is 4.98 Å². The van der Waals surface area contributed by atoms with Crippen LogP contribution in [0.2, 0.25) is 0 Å². The number of nitrogens with one attached hydrogen (secondary N) is 1. The van der Waals surface area contributed by atoms with Gasteiger partial charge in [-0.25, -0.2) is 9.78 Å². The van der Waals surface area contributed by atoms with Crippen LogP contribution in [0.5, 0.6) is 0 Å². The highest BCUT2D eigenvalue weighted by molar-refractivity contribution is 7.18. The van der Waals surface area contributed by atoms with E-state index >= 15 is 0 Å². The fourth-order valence-electron chi connectivity index (χ4n) is 4.77. The lowest BCUT2D eigenvalue weighted by Gasteiger charge is -2.32. The summed E-state index contributed by atoms with van der Waals surface area (Å²) in [7, 11) is 0. The summed E-state index contributed by atoms with van der Waals surface area (Å²) in [6.45, 7) is 2.74. The molecule has 0 bridgehead atoms. The molecule has 1 unspecified atom stereocenters. The maximum absolute atomic E-state index is 13.1. The molecule has 2 aliphatic heterocycles. The Labute approximate surface area is 202 Å². The molecular formula is C26H28N4O3S. The highest BCUT2D eigenvalue weighted by atomic mass is 32.1. The van der Waals surface area contributed by atoms with Crippen molar-refractivity contribution in [2.75, 3.05) is 19.6 Å². The third-order valence-corrected chi connectivity index (χ3v) is 8.10. The third-order valence-electron chi connectivity index (χ3n) is 6.90. The number of aryl methyl sites for hydroxylation is 1. The Morgan fingerprint density at radius 1 is 1.09 bits per heavy atom. The smallest absolute Gasteiger partial charge is 0.325 e. The summed E-state index contributed by atoms with van der Waals surface area (Å²) in [6, 6.07) is 17.5. The van der Waals surface area contributed by atoms with Crippen LogP contribution in [0.15, 0.2) is 54.6 Å². The van der Waals surface area contributed by atoms with E-state index < -0.39 is 11.6 Å². The molecule has 1 aromatic heterocycles.